The fourth-order valence-corrected chi connectivity index (χ4v) is 2.78. The molecule has 0 amide bonds. The van der Waals surface area contributed by atoms with E-state index in [1.807, 2.05) is 24.3 Å². The Morgan fingerprint density at radius 2 is 1.94 bits per heavy atom. The SMILES string of the molecule is CC(=O)c1ccccc1N(C)CC1CCCC1. The van der Waals surface area contributed by atoms with Crippen molar-refractivity contribution in [3.63, 3.8) is 0 Å². The zero-order valence-electron chi connectivity index (χ0n) is 10.8. The van der Waals surface area contributed by atoms with Gasteiger partial charge in [0.2, 0.25) is 0 Å². The summed E-state index contributed by atoms with van der Waals surface area (Å²) >= 11 is 0. The van der Waals surface area contributed by atoms with Crippen molar-refractivity contribution in [3.05, 3.63) is 29.8 Å². The number of rotatable bonds is 4. The average Bonchev–Trinajstić information content (AvgIpc) is 2.81. The molecular weight excluding hydrogens is 210 g/mol. The number of hydrogen-bond acceptors (Lipinski definition) is 2. The van der Waals surface area contributed by atoms with Gasteiger partial charge in [-0.05, 0) is 37.8 Å². The lowest BCUT2D eigenvalue weighted by atomic mass is 10.1. The van der Waals surface area contributed by atoms with Gasteiger partial charge in [-0.2, -0.15) is 0 Å². The standard InChI is InChI=1S/C15H21NO/c1-12(17)14-9-5-6-10-15(14)16(2)11-13-7-3-4-8-13/h5-6,9-10,13H,3-4,7-8,11H2,1-2H3. The summed E-state index contributed by atoms with van der Waals surface area (Å²) < 4.78 is 0. The first-order valence-electron chi connectivity index (χ1n) is 6.49. The van der Waals surface area contributed by atoms with Crippen molar-refractivity contribution in [3.8, 4) is 0 Å². The fraction of sp³-hybridized carbons (Fsp3) is 0.533. The predicted molar refractivity (Wildman–Crippen MR) is 71.7 cm³/mol. The molecule has 1 aromatic carbocycles. The second-order valence-electron chi connectivity index (χ2n) is 5.10. The van der Waals surface area contributed by atoms with Crippen LogP contribution in [-0.2, 0) is 0 Å². The van der Waals surface area contributed by atoms with E-state index in [1.165, 1.54) is 25.7 Å². The molecule has 0 aromatic heterocycles. The minimum absolute atomic E-state index is 0.152. The molecule has 92 valence electrons. The summed E-state index contributed by atoms with van der Waals surface area (Å²) in [4.78, 5) is 13.8. The molecule has 1 aliphatic rings. The normalized spacial score (nSPS) is 16.1. The maximum atomic E-state index is 11.6. The maximum absolute atomic E-state index is 11.6. The number of carbonyl (C=O) groups excluding carboxylic acids is 1. The summed E-state index contributed by atoms with van der Waals surface area (Å²) in [5.41, 5.74) is 1.92. The third kappa shape index (κ3) is 2.87. The van der Waals surface area contributed by atoms with E-state index in [-0.39, 0.29) is 5.78 Å². The minimum Gasteiger partial charge on any atom is -0.374 e. The molecule has 2 rings (SSSR count). The Bertz CT molecular complexity index is 394. The number of para-hydroxylation sites is 1. The number of hydrogen-bond donors (Lipinski definition) is 0. The van der Waals surface area contributed by atoms with E-state index in [2.05, 4.69) is 11.9 Å². The Labute approximate surface area is 104 Å². The van der Waals surface area contributed by atoms with Gasteiger partial charge in [0.1, 0.15) is 0 Å². The van der Waals surface area contributed by atoms with Crippen LogP contribution < -0.4 is 4.90 Å². The third-order valence-corrected chi connectivity index (χ3v) is 3.70. The van der Waals surface area contributed by atoms with Crippen molar-refractivity contribution in [2.45, 2.75) is 32.6 Å². The zero-order chi connectivity index (χ0) is 12.3. The lowest BCUT2D eigenvalue weighted by Crippen LogP contribution is -2.25. The Hall–Kier alpha value is -1.31. The van der Waals surface area contributed by atoms with Gasteiger partial charge in [0.25, 0.3) is 0 Å². The first-order valence-corrected chi connectivity index (χ1v) is 6.49. The molecule has 2 heteroatoms. The van der Waals surface area contributed by atoms with Gasteiger partial charge >= 0.3 is 0 Å². The highest BCUT2D eigenvalue weighted by molar-refractivity contribution is 5.99. The van der Waals surface area contributed by atoms with Crippen molar-refractivity contribution in [2.75, 3.05) is 18.5 Å². The average molecular weight is 231 g/mol. The fourth-order valence-electron chi connectivity index (χ4n) is 2.78. The Morgan fingerprint density at radius 3 is 2.59 bits per heavy atom. The summed E-state index contributed by atoms with van der Waals surface area (Å²) in [5.74, 6) is 0.957. The van der Waals surface area contributed by atoms with Crippen LogP contribution in [0.25, 0.3) is 0 Å². The van der Waals surface area contributed by atoms with Crippen molar-refractivity contribution < 1.29 is 4.79 Å². The van der Waals surface area contributed by atoms with Crippen LogP contribution in [0.5, 0.6) is 0 Å². The van der Waals surface area contributed by atoms with E-state index in [1.54, 1.807) is 6.92 Å². The highest BCUT2D eigenvalue weighted by Gasteiger charge is 2.18. The number of Topliss-reactive ketones (excluding diaryl/α,β-unsaturated/α-hetero) is 1. The highest BCUT2D eigenvalue weighted by atomic mass is 16.1. The molecule has 1 aromatic rings. The van der Waals surface area contributed by atoms with E-state index in [4.69, 9.17) is 0 Å². The van der Waals surface area contributed by atoms with E-state index in [0.29, 0.717) is 0 Å². The van der Waals surface area contributed by atoms with Crippen molar-refractivity contribution in [1.82, 2.24) is 0 Å². The number of nitrogens with zero attached hydrogens (tertiary/aromatic N) is 1. The van der Waals surface area contributed by atoms with Crippen LogP contribution in [-0.4, -0.2) is 19.4 Å². The number of anilines is 1. The Kier molecular flexibility index (Phi) is 3.82. The minimum atomic E-state index is 0.152. The molecule has 0 bridgehead atoms. The van der Waals surface area contributed by atoms with E-state index in [9.17, 15) is 4.79 Å². The predicted octanol–water partition coefficient (Wildman–Crippen LogP) is 3.52. The second kappa shape index (κ2) is 5.35. The van der Waals surface area contributed by atoms with Gasteiger partial charge in [-0.3, -0.25) is 4.79 Å². The number of ketones is 1. The quantitative estimate of drug-likeness (QED) is 0.739. The first-order chi connectivity index (χ1) is 8.18. The van der Waals surface area contributed by atoms with Crippen LogP contribution in [0.2, 0.25) is 0 Å². The van der Waals surface area contributed by atoms with Gasteiger partial charge in [0, 0.05) is 24.8 Å². The lowest BCUT2D eigenvalue weighted by Gasteiger charge is -2.24. The first kappa shape index (κ1) is 12.2. The molecule has 0 N–H and O–H groups in total. The Balaban J connectivity index is 2.12. The molecular formula is C15H21NO. The van der Waals surface area contributed by atoms with Crippen LogP contribution in [0.4, 0.5) is 5.69 Å². The topological polar surface area (TPSA) is 20.3 Å². The van der Waals surface area contributed by atoms with Gasteiger partial charge in [-0.1, -0.05) is 25.0 Å². The molecule has 0 radical (unpaired) electrons. The Morgan fingerprint density at radius 1 is 1.29 bits per heavy atom. The van der Waals surface area contributed by atoms with E-state index < -0.39 is 0 Å². The van der Waals surface area contributed by atoms with Crippen LogP contribution in [0.3, 0.4) is 0 Å². The van der Waals surface area contributed by atoms with Gasteiger partial charge in [-0.15, -0.1) is 0 Å². The summed E-state index contributed by atoms with van der Waals surface area (Å²) in [5, 5.41) is 0. The summed E-state index contributed by atoms with van der Waals surface area (Å²) in [6, 6.07) is 7.91. The maximum Gasteiger partial charge on any atom is 0.161 e. The number of carbonyl (C=O) groups is 1. The van der Waals surface area contributed by atoms with Crippen LogP contribution in [0.1, 0.15) is 43.0 Å². The largest absolute Gasteiger partial charge is 0.374 e. The van der Waals surface area contributed by atoms with Crippen molar-refractivity contribution in [2.24, 2.45) is 5.92 Å². The van der Waals surface area contributed by atoms with Crippen LogP contribution >= 0.6 is 0 Å². The molecule has 0 aliphatic heterocycles. The second-order valence-corrected chi connectivity index (χ2v) is 5.10. The van der Waals surface area contributed by atoms with Crippen LogP contribution in [0, 0.1) is 5.92 Å². The molecule has 0 heterocycles. The molecule has 1 fully saturated rings. The van der Waals surface area contributed by atoms with Gasteiger partial charge in [0.15, 0.2) is 5.78 Å². The summed E-state index contributed by atoms with van der Waals surface area (Å²) in [6.45, 7) is 2.71. The van der Waals surface area contributed by atoms with E-state index >= 15 is 0 Å². The molecule has 1 saturated carbocycles. The lowest BCUT2D eigenvalue weighted by molar-refractivity contribution is 0.101. The smallest absolute Gasteiger partial charge is 0.161 e. The van der Waals surface area contributed by atoms with Gasteiger partial charge in [-0.25, -0.2) is 0 Å². The van der Waals surface area contributed by atoms with Gasteiger partial charge in [0.05, 0.1) is 0 Å². The van der Waals surface area contributed by atoms with Crippen molar-refractivity contribution >= 4 is 11.5 Å². The summed E-state index contributed by atoms with van der Waals surface area (Å²) in [7, 11) is 2.10. The molecule has 17 heavy (non-hydrogen) atoms. The summed E-state index contributed by atoms with van der Waals surface area (Å²) in [6.07, 6.45) is 5.42. The van der Waals surface area contributed by atoms with Crippen molar-refractivity contribution in [1.29, 1.82) is 0 Å². The monoisotopic (exact) mass is 231 g/mol. The van der Waals surface area contributed by atoms with E-state index in [0.717, 1.165) is 23.7 Å². The zero-order valence-corrected chi connectivity index (χ0v) is 10.8. The van der Waals surface area contributed by atoms with Gasteiger partial charge < -0.3 is 4.90 Å². The van der Waals surface area contributed by atoms with Crippen LogP contribution in [0.15, 0.2) is 24.3 Å². The number of benzene rings is 1. The molecule has 2 nitrogen and oxygen atoms in total. The highest BCUT2D eigenvalue weighted by Crippen LogP contribution is 2.28. The molecule has 0 unspecified atom stereocenters. The molecule has 0 saturated heterocycles. The third-order valence-electron chi connectivity index (χ3n) is 3.70. The molecule has 1 aliphatic carbocycles. The molecule has 0 spiro atoms. The molecule has 0 atom stereocenters.